The quantitative estimate of drug-likeness (QED) is 0.0246. The molecule has 0 heterocycles. The number of hydrogen-bond donors (Lipinski definition) is 3. The molecule has 0 aliphatic heterocycles. The van der Waals surface area contributed by atoms with Crippen LogP contribution in [0.3, 0.4) is 0 Å². The Morgan fingerprint density at radius 1 is 0.611 bits per heavy atom. The molecule has 3 atom stereocenters. The van der Waals surface area contributed by atoms with Crippen molar-refractivity contribution in [1.82, 2.24) is 5.32 Å². The zero-order chi connectivity index (χ0) is 40.0. The Kier molecular flexibility index (Phi) is 37.3. The Balaban J connectivity index is 4.11. The summed E-state index contributed by atoms with van der Waals surface area (Å²) in [6.45, 7) is 4.78. The number of rotatable bonds is 42. The number of aliphatic hydroxyl groups excluding tert-OH is 1. The van der Waals surface area contributed by atoms with Crippen LogP contribution in [-0.2, 0) is 18.4 Å². The fourth-order valence-electron chi connectivity index (χ4n) is 6.81. The van der Waals surface area contributed by atoms with E-state index in [2.05, 4.69) is 19.2 Å². The SMILES string of the molecule is CCCCCCCCCCCCCCCCCCCCCCCCC/C=C/C(O)C(COP(=O)(O)OCC[N+](C)(C)C)NC(=O)CCCCCCCCC. The van der Waals surface area contributed by atoms with Crippen LogP contribution in [-0.4, -0.2) is 73.4 Å². The fourth-order valence-corrected chi connectivity index (χ4v) is 7.54. The number of hydrogen-bond acceptors (Lipinski definition) is 5. The van der Waals surface area contributed by atoms with E-state index in [1.54, 1.807) is 6.08 Å². The topological polar surface area (TPSA) is 105 Å². The second kappa shape index (κ2) is 37.8. The maximum atomic E-state index is 12.7. The molecule has 0 fully saturated rings. The number of allylic oxidation sites excluding steroid dienone is 1. The minimum atomic E-state index is -4.32. The molecule has 0 bridgehead atoms. The zero-order valence-electron chi connectivity index (χ0n) is 36.5. The maximum Gasteiger partial charge on any atom is 0.472 e. The lowest BCUT2D eigenvalue weighted by Gasteiger charge is -2.25. The molecule has 3 unspecified atom stereocenters. The van der Waals surface area contributed by atoms with Gasteiger partial charge in [0.05, 0.1) is 39.9 Å². The predicted molar refractivity (Wildman–Crippen MR) is 231 cm³/mol. The van der Waals surface area contributed by atoms with Crippen molar-refractivity contribution in [2.45, 2.75) is 231 Å². The van der Waals surface area contributed by atoms with E-state index in [1.165, 1.54) is 167 Å². The van der Waals surface area contributed by atoms with Gasteiger partial charge in [-0.15, -0.1) is 0 Å². The number of phosphoric ester groups is 1. The van der Waals surface area contributed by atoms with E-state index in [0.717, 1.165) is 32.1 Å². The van der Waals surface area contributed by atoms with E-state index in [1.807, 2.05) is 27.2 Å². The molecule has 0 aromatic heterocycles. The van der Waals surface area contributed by atoms with Crippen molar-refractivity contribution in [3.8, 4) is 0 Å². The van der Waals surface area contributed by atoms with E-state index in [-0.39, 0.29) is 19.1 Å². The molecule has 0 spiro atoms. The lowest BCUT2D eigenvalue weighted by atomic mass is 10.0. The molecule has 0 aliphatic rings. The first-order valence-corrected chi connectivity index (χ1v) is 24.6. The highest BCUT2D eigenvalue weighted by Gasteiger charge is 2.27. The predicted octanol–water partition coefficient (Wildman–Crippen LogP) is 12.8. The number of aliphatic hydroxyl groups is 1. The van der Waals surface area contributed by atoms with Gasteiger partial charge in [-0.2, -0.15) is 0 Å². The van der Waals surface area contributed by atoms with Gasteiger partial charge >= 0.3 is 7.82 Å². The lowest BCUT2D eigenvalue weighted by molar-refractivity contribution is -0.870. The number of unbranched alkanes of at least 4 members (excludes halogenated alkanes) is 29. The van der Waals surface area contributed by atoms with Gasteiger partial charge in [0, 0.05) is 6.42 Å². The molecule has 3 N–H and O–H groups in total. The molecular formula is C45H92N2O6P+. The van der Waals surface area contributed by atoms with E-state index in [0.29, 0.717) is 17.4 Å². The third-order valence-corrected chi connectivity index (χ3v) is 11.5. The van der Waals surface area contributed by atoms with E-state index >= 15 is 0 Å². The standard InChI is InChI=1S/C45H91N2O6P/c1-6-8-10-12-14-15-16-17-18-19-20-21-22-23-24-25-26-27-28-29-30-31-33-34-36-38-44(48)43(42-53-54(50,51)52-41-40-47(3,4)5)46-45(49)39-37-35-32-13-11-9-7-2/h36,38,43-44,48H,6-35,37,39-42H2,1-5H3,(H-,46,49,50,51)/p+1/b38-36+. The average molecular weight is 788 g/mol. The Morgan fingerprint density at radius 2 is 0.981 bits per heavy atom. The van der Waals surface area contributed by atoms with E-state index in [4.69, 9.17) is 9.05 Å². The van der Waals surface area contributed by atoms with Gasteiger partial charge in [-0.1, -0.05) is 206 Å². The van der Waals surface area contributed by atoms with Crippen LogP contribution in [0, 0.1) is 0 Å². The van der Waals surface area contributed by atoms with Gasteiger partial charge < -0.3 is 19.8 Å². The maximum absolute atomic E-state index is 12.7. The molecule has 0 saturated carbocycles. The first-order chi connectivity index (χ1) is 26.0. The first kappa shape index (κ1) is 53.2. The Morgan fingerprint density at radius 3 is 1.37 bits per heavy atom. The van der Waals surface area contributed by atoms with Crippen LogP contribution in [0.1, 0.15) is 219 Å². The first-order valence-electron chi connectivity index (χ1n) is 23.1. The highest BCUT2D eigenvalue weighted by Crippen LogP contribution is 2.43. The van der Waals surface area contributed by atoms with Crippen LogP contribution < -0.4 is 5.32 Å². The number of carbonyl (C=O) groups excluding carboxylic acids is 1. The number of amides is 1. The highest BCUT2D eigenvalue weighted by molar-refractivity contribution is 7.47. The fraction of sp³-hybridized carbons (Fsp3) is 0.933. The summed E-state index contributed by atoms with van der Waals surface area (Å²) in [7, 11) is 1.58. The molecule has 0 aliphatic carbocycles. The average Bonchev–Trinajstić information content (AvgIpc) is 3.12. The summed E-state index contributed by atoms with van der Waals surface area (Å²) in [5.74, 6) is -0.182. The normalized spacial score (nSPS) is 14.4. The van der Waals surface area contributed by atoms with Crippen molar-refractivity contribution >= 4 is 13.7 Å². The summed E-state index contributed by atoms with van der Waals surface area (Å²) in [4.78, 5) is 22.9. The molecule has 0 aromatic rings. The third-order valence-electron chi connectivity index (χ3n) is 10.5. The van der Waals surface area contributed by atoms with Gasteiger partial charge in [-0.25, -0.2) is 4.57 Å². The highest BCUT2D eigenvalue weighted by atomic mass is 31.2. The number of nitrogens with one attached hydrogen (secondary N) is 1. The van der Waals surface area contributed by atoms with Gasteiger partial charge in [-0.3, -0.25) is 13.8 Å². The second-order valence-electron chi connectivity index (χ2n) is 17.1. The minimum absolute atomic E-state index is 0.0641. The van der Waals surface area contributed by atoms with Crippen molar-refractivity contribution in [3.05, 3.63) is 12.2 Å². The smallest absolute Gasteiger partial charge is 0.387 e. The molecule has 9 heteroatoms. The van der Waals surface area contributed by atoms with Crippen LogP contribution in [0.5, 0.6) is 0 Å². The molecule has 54 heavy (non-hydrogen) atoms. The number of phosphoric acid groups is 1. The summed E-state index contributed by atoms with van der Waals surface area (Å²) in [5.41, 5.74) is 0. The number of quaternary nitrogens is 1. The van der Waals surface area contributed by atoms with Gasteiger partial charge in [0.25, 0.3) is 0 Å². The van der Waals surface area contributed by atoms with Crippen molar-refractivity contribution in [2.75, 3.05) is 40.9 Å². The largest absolute Gasteiger partial charge is 0.472 e. The van der Waals surface area contributed by atoms with Gasteiger partial charge in [0.15, 0.2) is 0 Å². The molecule has 0 aromatic carbocycles. The van der Waals surface area contributed by atoms with Crippen molar-refractivity contribution < 1.29 is 32.9 Å². The summed E-state index contributed by atoms with van der Waals surface area (Å²) in [5, 5.41) is 13.8. The van der Waals surface area contributed by atoms with Crippen LogP contribution in [0.15, 0.2) is 12.2 Å². The van der Waals surface area contributed by atoms with Crippen LogP contribution in [0.2, 0.25) is 0 Å². The summed E-state index contributed by atoms with van der Waals surface area (Å²) >= 11 is 0. The number of nitrogens with zero attached hydrogens (tertiary/aromatic N) is 1. The second-order valence-corrected chi connectivity index (χ2v) is 18.6. The van der Waals surface area contributed by atoms with Crippen LogP contribution in [0.25, 0.3) is 0 Å². The molecule has 0 radical (unpaired) electrons. The molecule has 0 rings (SSSR count). The number of carbonyl (C=O) groups is 1. The van der Waals surface area contributed by atoms with Crippen molar-refractivity contribution in [3.63, 3.8) is 0 Å². The molecule has 322 valence electrons. The Hall–Kier alpha value is -0.760. The van der Waals surface area contributed by atoms with E-state index < -0.39 is 20.0 Å². The third kappa shape index (κ3) is 39.5. The van der Waals surface area contributed by atoms with Gasteiger partial charge in [0.1, 0.15) is 13.2 Å². The molecule has 8 nitrogen and oxygen atoms in total. The molecule has 0 saturated heterocycles. The van der Waals surface area contributed by atoms with Crippen LogP contribution >= 0.6 is 7.82 Å². The van der Waals surface area contributed by atoms with Gasteiger partial charge in [-0.05, 0) is 19.3 Å². The summed E-state index contributed by atoms with van der Waals surface area (Å²) in [6.07, 6.45) is 43.2. The Labute approximate surface area is 335 Å². The molecular weight excluding hydrogens is 695 g/mol. The van der Waals surface area contributed by atoms with Crippen molar-refractivity contribution in [2.24, 2.45) is 0 Å². The number of likely N-dealkylation sites (N-methyl/N-ethyl adjacent to an activating group) is 1. The zero-order valence-corrected chi connectivity index (χ0v) is 37.4. The van der Waals surface area contributed by atoms with Crippen LogP contribution in [0.4, 0.5) is 0 Å². The summed E-state index contributed by atoms with van der Waals surface area (Å²) < 4.78 is 23.5. The molecule has 1 amide bonds. The summed E-state index contributed by atoms with van der Waals surface area (Å²) in [6, 6.07) is -0.838. The monoisotopic (exact) mass is 788 g/mol. The Bertz CT molecular complexity index is 896. The minimum Gasteiger partial charge on any atom is -0.387 e. The van der Waals surface area contributed by atoms with Crippen molar-refractivity contribution in [1.29, 1.82) is 0 Å². The lowest BCUT2D eigenvalue weighted by Crippen LogP contribution is -2.45. The van der Waals surface area contributed by atoms with E-state index in [9.17, 15) is 19.4 Å². The van der Waals surface area contributed by atoms with Gasteiger partial charge in [0.2, 0.25) is 5.91 Å².